The fourth-order valence-electron chi connectivity index (χ4n) is 3.20. The molecule has 0 aliphatic carbocycles. The van der Waals surface area contributed by atoms with E-state index >= 15 is 0 Å². The Bertz CT molecular complexity index is 954. The van der Waals surface area contributed by atoms with Crippen molar-refractivity contribution in [3.8, 4) is 0 Å². The Morgan fingerprint density at radius 2 is 2.04 bits per heavy atom. The van der Waals surface area contributed by atoms with Gasteiger partial charge in [-0.15, -0.1) is 0 Å². The zero-order chi connectivity index (χ0) is 19.8. The lowest BCUT2D eigenvalue weighted by Gasteiger charge is -2.29. The molecule has 0 radical (unpaired) electrons. The Hall–Kier alpha value is -2.49. The zero-order valence-electron chi connectivity index (χ0n) is 14.6. The van der Waals surface area contributed by atoms with Crippen molar-refractivity contribution < 1.29 is 18.7 Å². The van der Waals surface area contributed by atoms with Crippen LogP contribution in [0, 0.1) is 18.2 Å². The summed E-state index contributed by atoms with van der Waals surface area (Å²) in [6.45, 7) is 8.83. The number of anilines is 1. The van der Waals surface area contributed by atoms with Crippen molar-refractivity contribution in [2.24, 2.45) is 0 Å². The fraction of sp³-hybridized carbons (Fsp3) is 0.300. The van der Waals surface area contributed by atoms with Gasteiger partial charge in [0, 0.05) is 29.7 Å². The monoisotopic (exact) mass is 390 g/mol. The van der Waals surface area contributed by atoms with Crippen LogP contribution in [0.5, 0.6) is 0 Å². The van der Waals surface area contributed by atoms with Gasteiger partial charge < -0.3 is 10.0 Å². The average molecular weight is 391 g/mol. The van der Waals surface area contributed by atoms with Crippen molar-refractivity contribution in [3.63, 3.8) is 0 Å². The molecule has 1 aliphatic rings. The van der Waals surface area contributed by atoms with E-state index < -0.39 is 23.0 Å². The lowest BCUT2D eigenvalue weighted by molar-refractivity contribution is -0.134. The summed E-state index contributed by atoms with van der Waals surface area (Å²) in [6, 6.07) is 6.94. The van der Waals surface area contributed by atoms with Crippen LogP contribution >= 0.6 is 11.6 Å². The first-order valence-corrected chi connectivity index (χ1v) is 8.73. The summed E-state index contributed by atoms with van der Waals surface area (Å²) < 4.78 is 26.9. The van der Waals surface area contributed by atoms with Crippen LogP contribution in [0.2, 0.25) is 5.02 Å². The minimum absolute atomic E-state index is 0.0300. The SMILES string of the molecule is [C-]#[N+]c1ccc(CC(=O)[C@@](C)(O)CN2CCc3cc(F)c(F)cc32)cc1Cl. The molecule has 0 fully saturated rings. The molecule has 1 heterocycles. The van der Waals surface area contributed by atoms with Crippen LogP contribution in [0.15, 0.2) is 30.3 Å². The van der Waals surface area contributed by atoms with E-state index in [0.717, 1.165) is 12.1 Å². The van der Waals surface area contributed by atoms with Gasteiger partial charge in [-0.25, -0.2) is 13.6 Å². The number of fused-ring (bicyclic) bond motifs is 1. The van der Waals surface area contributed by atoms with Crippen molar-refractivity contribution in [3.05, 3.63) is 69.5 Å². The molecule has 0 amide bonds. The maximum Gasteiger partial charge on any atom is 0.205 e. The second-order valence-electron chi connectivity index (χ2n) is 6.84. The van der Waals surface area contributed by atoms with E-state index in [1.807, 2.05) is 0 Å². The Kier molecular flexibility index (Phi) is 5.18. The predicted octanol–water partition coefficient (Wildman–Crippen LogP) is 4.09. The Morgan fingerprint density at radius 3 is 2.70 bits per heavy atom. The maximum absolute atomic E-state index is 13.6. The van der Waals surface area contributed by atoms with Gasteiger partial charge >= 0.3 is 0 Å². The van der Waals surface area contributed by atoms with E-state index in [9.17, 15) is 18.7 Å². The number of hydrogen-bond acceptors (Lipinski definition) is 3. The third kappa shape index (κ3) is 3.95. The molecule has 1 atom stereocenters. The first kappa shape index (κ1) is 19.3. The number of Topliss-reactive ketones (excluding diaryl/α,β-unsaturated/α-hetero) is 1. The Balaban J connectivity index is 1.74. The van der Waals surface area contributed by atoms with Crippen LogP contribution in [0.1, 0.15) is 18.1 Å². The molecule has 140 valence electrons. The summed E-state index contributed by atoms with van der Waals surface area (Å²) in [5, 5.41) is 10.9. The number of benzene rings is 2. The summed E-state index contributed by atoms with van der Waals surface area (Å²) in [7, 11) is 0. The number of hydrogen-bond donors (Lipinski definition) is 1. The van der Waals surface area contributed by atoms with Gasteiger partial charge in [0.05, 0.1) is 13.1 Å². The highest BCUT2D eigenvalue weighted by atomic mass is 35.5. The Morgan fingerprint density at radius 1 is 1.33 bits per heavy atom. The molecule has 2 aromatic carbocycles. The highest BCUT2D eigenvalue weighted by Crippen LogP contribution is 2.32. The normalized spacial score (nSPS) is 15.2. The number of nitrogens with zero attached hydrogens (tertiary/aromatic N) is 2. The summed E-state index contributed by atoms with van der Waals surface area (Å²) in [5.74, 6) is -2.29. The highest BCUT2D eigenvalue weighted by Gasteiger charge is 2.35. The second kappa shape index (κ2) is 7.26. The number of halogens is 3. The van der Waals surface area contributed by atoms with Crippen LogP contribution in [-0.4, -0.2) is 29.6 Å². The number of carbonyl (C=O) groups excluding carboxylic acids is 1. The Labute approximate surface area is 160 Å². The summed E-state index contributed by atoms with van der Waals surface area (Å²) in [5.41, 5.74) is 0.345. The molecule has 0 saturated carbocycles. The molecular weight excluding hydrogens is 374 g/mol. The number of β-amino-alcohol motifs (C(OH)–C–C–N with tert-alkyl or cyclic N) is 1. The third-order valence-corrected chi connectivity index (χ3v) is 5.01. The van der Waals surface area contributed by atoms with Crippen molar-refractivity contribution in [2.75, 3.05) is 18.0 Å². The van der Waals surface area contributed by atoms with E-state index in [0.29, 0.717) is 35.5 Å². The van der Waals surface area contributed by atoms with Gasteiger partial charge in [-0.2, -0.15) is 0 Å². The lowest BCUT2D eigenvalue weighted by Crippen LogP contribution is -2.47. The smallest absolute Gasteiger partial charge is 0.205 e. The van der Waals surface area contributed by atoms with E-state index in [4.69, 9.17) is 18.2 Å². The van der Waals surface area contributed by atoms with Crippen molar-refractivity contribution in [1.82, 2.24) is 0 Å². The largest absolute Gasteiger partial charge is 0.380 e. The van der Waals surface area contributed by atoms with Gasteiger partial charge in [0.15, 0.2) is 17.4 Å². The van der Waals surface area contributed by atoms with Gasteiger partial charge in [0.1, 0.15) is 5.60 Å². The molecule has 1 N–H and O–H groups in total. The van der Waals surface area contributed by atoms with Crippen molar-refractivity contribution in [2.45, 2.75) is 25.4 Å². The van der Waals surface area contributed by atoms with Crippen LogP contribution in [0.3, 0.4) is 0 Å². The molecule has 0 unspecified atom stereocenters. The molecule has 7 heteroatoms. The number of rotatable bonds is 5. The van der Waals surface area contributed by atoms with Crippen LogP contribution < -0.4 is 4.90 Å². The van der Waals surface area contributed by atoms with Gasteiger partial charge in [-0.1, -0.05) is 29.8 Å². The molecule has 2 aromatic rings. The molecule has 0 saturated heterocycles. The minimum atomic E-state index is -1.68. The summed E-state index contributed by atoms with van der Waals surface area (Å²) >= 11 is 5.99. The van der Waals surface area contributed by atoms with Gasteiger partial charge in [-0.05, 0) is 30.5 Å². The standard InChI is InChI=1S/C20H17ClF2N2O2/c1-20(27,19(26)8-12-3-4-17(24-2)14(21)7-12)11-25-6-5-13-9-15(22)16(23)10-18(13)25/h3-4,7,9-10,27H,5-6,8,11H2,1H3/t20-/m0/s1. The second-order valence-corrected chi connectivity index (χ2v) is 7.25. The van der Waals surface area contributed by atoms with Crippen LogP contribution in [0.4, 0.5) is 20.2 Å². The van der Waals surface area contributed by atoms with Crippen LogP contribution in [0.25, 0.3) is 4.85 Å². The van der Waals surface area contributed by atoms with Gasteiger partial charge in [0.2, 0.25) is 5.69 Å². The molecule has 3 rings (SSSR count). The fourth-order valence-corrected chi connectivity index (χ4v) is 3.44. The molecule has 4 nitrogen and oxygen atoms in total. The molecule has 27 heavy (non-hydrogen) atoms. The van der Waals surface area contributed by atoms with E-state index in [1.54, 1.807) is 11.0 Å². The molecule has 1 aliphatic heterocycles. The number of aliphatic hydroxyl groups is 1. The van der Waals surface area contributed by atoms with Gasteiger partial charge in [0.25, 0.3) is 0 Å². The first-order chi connectivity index (χ1) is 12.7. The molecular formula is C20H17ClF2N2O2. The van der Waals surface area contributed by atoms with Gasteiger partial charge in [-0.3, -0.25) is 4.79 Å². The number of ketones is 1. The quantitative estimate of drug-likeness (QED) is 0.782. The zero-order valence-corrected chi connectivity index (χ0v) is 15.4. The van der Waals surface area contributed by atoms with E-state index in [-0.39, 0.29) is 18.0 Å². The van der Waals surface area contributed by atoms with Crippen LogP contribution in [-0.2, 0) is 17.6 Å². The highest BCUT2D eigenvalue weighted by molar-refractivity contribution is 6.33. The topological polar surface area (TPSA) is 44.9 Å². The van der Waals surface area contributed by atoms with E-state index in [2.05, 4.69) is 4.85 Å². The molecule has 0 bridgehead atoms. The molecule has 0 aromatic heterocycles. The van der Waals surface area contributed by atoms with Crippen molar-refractivity contribution >= 4 is 28.8 Å². The lowest BCUT2D eigenvalue weighted by atomic mass is 9.94. The number of carbonyl (C=O) groups is 1. The van der Waals surface area contributed by atoms with E-state index in [1.165, 1.54) is 19.1 Å². The predicted molar refractivity (Wildman–Crippen MR) is 99.3 cm³/mol. The first-order valence-electron chi connectivity index (χ1n) is 8.35. The minimum Gasteiger partial charge on any atom is -0.380 e. The summed E-state index contributed by atoms with van der Waals surface area (Å²) in [6.07, 6.45) is 0.466. The third-order valence-electron chi connectivity index (χ3n) is 4.71. The molecule has 0 spiro atoms. The van der Waals surface area contributed by atoms with Crippen molar-refractivity contribution in [1.29, 1.82) is 0 Å². The summed E-state index contributed by atoms with van der Waals surface area (Å²) in [4.78, 5) is 17.6. The maximum atomic E-state index is 13.6. The average Bonchev–Trinajstić information content (AvgIpc) is 2.96.